The third kappa shape index (κ3) is 2.94. The molecule has 1 saturated carbocycles. The first-order valence-electron chi connectivity index (χ1n) is 10.2. The summed E-state index contributed by atoms with van der Waals surface area (Å²) in [5.41, 5.74) is 3.48. The second kappa shape index (κ2) is 6.59. The molecule has 3 amide bonds. The normalized spacial score (nSPS) is 20.8. The summed E-state index contributed by atoms with van der Waals surface area (Å²) in [5.74, 6) is 0.342. The highest BCUT2D eigenvalue weighted by atomic mass is 16.3. The minimum atomic E-state index is -0.632. The number of fused-ring (bicyclic) bond motifs is 1. The molecule has 0 radical (unpaired) electrons. The van der Waals surface area contributed by atoms with E-state index >= 15 is 0 Å². The van der Waals surface area contributed by atoms with E-state index < -0.39 is 11.9 Å². The molecular formula is C21H18N6O4. The third-order valence-electron chi connectivity index (χ3n) is 6.05. The van der Waals surface area contributed by atoms with Crippen molar-refractivity contribution in [1.29, 1.82) is 0 Å². The molecule has 156 valence electrons. The molecule has 1 atom stereocenters. The number of carbonyl (C=O) groups excluding carboxylic acids is 3. The number of nitrogens with zero attached hydrogens (tertiary/aromatic N) is 5. The van der Waals surface area contributed by atoms with Crippen molar-refractivity contribution >= 4 is 17.7 Å². The molecule has 31 heavy (non-hydrogen) atoms. The van der Waals surface area contributed by atoms with Crippen LogP contribution < -0.4 is 5.32 Å². The number of rotatable bonds is 4. The van der Waals surface area contributed by atoms with E-state index in [-0.39, 0.29) is 18.2 Å². The van der Waals surface area contributed by atoms with Crippen molar-refractivity contribution in [2.75, 3.05) is 0 Å². The molecule has 4 heterocycles. The van der Waals surface area contributed by atoms with Crippen molar-refractivity contribution in [2.24, 2.45) is 0 Å². The number of imide groups is 1. The lowest BCUT2D eigenvalue weighted by Crippen LogP contribution is -2.52. The largest absolute Gasteiger partial charge is 0.447 e. The van der Waals surface area contributed by atoms with Crippen molar-refractivity contribution in [3.63, 3.8) is 0 Å². The summed E-state index contributed by atoms with van der Waals surface area (Å²) in [6.45, 7) is 0.310. The summed E-state index contributed by atoms with van der Waals surface area (Å²) in [6.07, 6.45) is 5.99. The van der Waals surface area contributed by atoms with Crippen molar-refractivity contribution in [3.8, 4) is 17.1 Å². The van der Waals surface area contributed by atoms with Gasteiger partial charge in [0.25, 0.3) is 5.91 Å². The fraction of sp³-hybridized carbons (Fsp3) is 0.333. The van der Waals surface area contributed by atoms with Crippen molar-refractivity contribution in [2.45, 2.75) is 44.2 Å². The van der Waals surface area contributed by atoms with Crippen LogP contribution in [-0.2, 0) is 16.1 Å². The van der Waals surface area contributed by atoms with Crippen LogP contribution in [0.5, 0.6) is 0 Å². The number of nitrogens with one attached hydrogen (secondary N) is 1. The molecule has 10 nitrogen and oxygen atoms in total. The number of carbonyl (C=O) groups is 3. The molecule has 10 heteroatoms. The topological polar surface area (TPSA) is 123 Å². The first kappa shape index (κ1) is 18.0. The fourth-order valence-electron chi connectivity index (χ4n) is 4.28. The van der Waals surface area contributed by atoms with Crippen LogP contribution in [0.1, 0.15) is 53.3 Å². The van der Waals surface area contributed by atoms with Gasteiger partial charge in [-0.3, -0.25) is 19.7 Å². The highest BCUT2D eigenvalue weighted by Gasteiger charge is 2.39. The van der Waals surface area contributed by atoms with Gasteiger partial charge >= 0.3 is 0 Å². The lowest BCUT2D eigenvalue weighted by Gasteiger charge is -2.29. The van der Waals surface area contributed by atoms with Crippen LogP contribution in [0.25, 0.3) is 17.1 Å². The van der Waals surface area contributed by atoms with Gasteiger partial charge in [0.1, 0.15) is 23.2 Å². The molecule has 3 aliphatic rings. The first-order valence-corrected chi connectivity index (χ1v) is 10.2. The number of hydrogen-bond acceptors (Lipinski definition) is 7. The Labute approximate surface area is 176 Å². The SMILES string of the molecule is O=C1CCC(N2Cc3cc(-n4cc(-c5ncoc5C5CC5)nn4)ccc3C2=O)C(=O)N1. The van der Waals surface area contributed by atoms with Gasteiger partial charge in [-0.05, 0) is 43.0 Å². The summed E-state index contributed by atoms with van der Waals surface area (Å²) in [7, 11) is 0. The maximum Gasteiger partial charge on any atom is 0.255 e. The lowest BCUT2D eigenvalue weighted by molar-refractivity contribution is -0.136. The molecular weight excluding hydrogens is 400 g/mol. The predicted octanol–water partition coefficient (Wildman–Crippen LogP) is 1.56. The lowest BCUT2D eigenvalue weighted by atomic mass is 10.0. The van der Waals surface area contributed by atoms with Crippen LogP contribution >= 0.6 is 0 Å². The maximum absolute atomic E-state index is 12.8. The van der Waals surface area contributed by atoms with Gasteiger partial charge in [0.15, 0.2) is 6.39 Å². The van der Waals surface area contributed by atoms with Gasteiger partial charge in [-0.1, -0.05) is 5.21 Å². The highest BCUT2D eigenvalue weighted by molar-refractivity contribution is 6.05. The van der Waals surface area contributed by atoms with Crippen LogP contribution in [0, 0.1) is 0 Å². The molecule has 0 spiro atoms. The Morgan fingerprint density at radius 2 is 2.00 bits per heavy atom. The third-order valence-corrected chi connectivity index (χ3v) is 6.05. The van der Waals surface area contributed by atoms with E-state index in [0.717, 1.165) is 29.9 Å². The van der Waals surface area contributed by atoms with Gasteiger partial charge < -0.3 is 9.32 Å². The number of piperidine rings is 1. The molecule has 2 aliphatic heterocycles. The standard InChI is InChI=1S/C21H18N6O4/c28-17-6-5-16(20(29)23-17)26-8-12-7-13(3-4-14(12)21(26)30)27-9-15(24-25-27)18-19(11-1-2-11)31-10-22-18/h3-4,7,9-11,16H,1-2,5-6,8H2,(H,23,28,29). The van der Waals surface area contributed by atoms with E-state index in [1.54, 1.807) is 23.0 Å². The van der Waals surface area contributed by atoms with Gasteiger partial charge in [-0.25, -0.2) is 9.67 Å². The molecule has 0 bridgehead atoms. The monoisotopic (exact) mass is 418 g/mol. The zero-order chi connectivity index (χ0) is 21.1. The molecule has 2 fully saturated rings. The first-order chi connectivity index (χ1) is 15.1. The van der Waals surface area contributed by atoms with E-state index in [1.807, 2.05) is 6.07 Å². The summed E-state index contributed by atoms with van der Waals surface area (Å²) < 4.78 is 7.17. The van der Waals surface area contributed by atoms with E-state index in [2.05, 4.69) is 20.6 Å². The second-order valence-electron chi connectivity index (χ2n) is 8.13. The zero-order valence-corrected chi connectivity index (χ0v) is 16.4. The van der Waals surface area contributed by atoms with Gasteiger partial charge in [-0.2, -0.15) is 0 Å². The number of aromatic nitrogens is 4. The molecule has 3 aromatic rings. The van der Waals surface area contributed by atoms with E-state index in [9.17, 15) is 14.4 Å². The molecule has 1 aromatic carbocycles. The Morgan fingerprint density at radius 3 is 2.81 bits per heavy atom. The van der Waals surface area contributed by atoms with Crippen LogP contribution in [0.15, 0.2) is 35.2 Å². The molecule has 1 saturated heterocycles. The predicted molar refractivity (Wildman–Crippen MR) is 105 cm³/mol. The number of amides is 3. The number of hydrogen-bond donors (Lipinski definition) is 1. The minimum absolute atomic E-state index is 0.202. The number of oxazole rings is 1. The minimum Gasteiger partial charge on any atom is -0.447 e. The maximum atomic E-state index is 12.8. The second-order valence-corrected chi connectivity index (χ2v) is 8.13. The molecule has 1 N–H and O–H groups in total. The molecule has 1 unspecified atom stereocenters. The van der Waals surface area contributed by atoms with Crippen molar-refractivity contribution < 1.29 is 18.8 Å². The quantitative estimate of drug-likeness (QED) is 0.638. The van der Waals surface area contributed by atoms with Crippen LogP contribution in [0.2, 0.25) is 0 Å². The Kier molecular flexibility index (Phi) is 3.83. The van der Waals surface area contributed by atoms with Crippen LogP contribution in [-0.4, -0.2) is 48.6 Å². The molecule has 6 rings (SSSR count). The molecule has 2 aromatic heterocycles. The molecule has 1 aliphatic carbocycles. The Balaban J connectivity index is 1.27. The van der Waals surface area contributed by atoms with Crippen molar-refractivity contribution in [1.82, 2.24) is 30.2 Å². The van der Waals surface area contributed by atoms with Gasteiger partial charge in [0, 0.05) is 24.4 Å². The van der Waals surface area contributed by atoms with Crippen molar-refractivity contribution in [3.05, 3.63) is 47.7 Å². The smallest absolute Gasteiger partial charge is 0.255 e. The number of benzene rings is 1. The van der Waals surface area contributed by atoms with E-state index in [0.29, 0.717) is 35.8 Å². The van der Waals surface area contributed by atoms with Crippen LogP contribution in [0.4, 0.5) is 0 Å². The summed E-state index contributed by atoms with van der Waals surface area (Å²) in [4.78, 5) is 42.3. The van der Waals surface area contributed by atoms with Gasteiger partial charge in [-0.15, -0.1) is 5.10 Å². The fourth-order valence-corrected chi connectivity index (χ4v) is 4.28. The summed E-state index contributed by atoms with van der Waals surface area (Å²) >= 11 is 0. The Morgan fingerprint density at radius 1 is 1.13 bits per heavy atom. The van der Waals surface area contributed by atoms with Gasteiger partial charge in [0.2, 0.25) is 11.8 Å². The van der Waals surface area contributed by atoms with E-state index in [4.69, 9.17) is 4.42 Å². The van der Waals surface area contributed by atoms with E-state index in [1.165, 1.54) is 11.3 Å². The highest BCUT2D eigenvalue weighted by Crippen LogP contribution is 2.43. The zero-order valence-electron chi connectivity index (χ0n) is 16.4. The summed E-state index contributed by atoms with van der Waals surface area (Å²) in [5, 5.41) is 10.8. The van der Waals surface area contributed by atoms with Gasteiger partial charge in [0.05, 0.1) is 11.9 Å². The average molecular weight is 418 g/mol. The Hall–Kier alpha value is -3.82. The Bertz CT molecular complexity index is 1240. The summed E-state index contributed by atoms with van der Waals surface area (Å²) in [6, 6.07) is 4.79. The van der Waals surface area contributed by atoms with Crippen LogP contribution in [0.3, 0.4) is 0 Å². The average Bonchev–Trinajstić information content (AvgIpc) is 3.16.